The summed E-state index contributed by atoms with van der Waals surface area (Å²) < 4.78 is 4.90. The molecule has 2 N–H and O–H groups in total. The summed E-state index contributed by atoms with van der Waals surface area (Å²) in [6.45, 7) is 1.74. The first-order valence-corrected chi connectivity index (χ1v) is 5.19. The Bertz CT molecular complexity index is 393. The van der Waals surface area contributed by atoms with E-state index in [1.807, 2.05) is 6.92 Å². The summed E-state index contributed by atoms with van der Waals surface area (Å²) in [6.07, 6.45) is 0.631. The molecule has 7 heteroatoms. The number of anilines is 1. The number of nitro groups is 1. The molecule has 0 saturated carbocycles. The van der Waals surface area contributed by atoms with Crippen molar-refractivity contribution in [2.75, 3.05) is 19.0 Å². The van der Waals surface area contributed by atoms with Crippen LogP contribution in [0.1, 0.15) is 13.3 Å². The molecule has 1 unspecified atom stereocenters. The quantitative estimate of drug-likeness (QED) is 0.573. The maximum Gasteiger partial charge on any atom is 0.311 e. The standard InChI is InChI=1S/C10H15N3O4/c1-3-7(6-14)11-10-8(13(15)16)4-5-9(12-10)17-2/h4-5,7,14H,3,6H2,1-2H3,(H,11,12). The van der Waals surface area contributed by atoms with Crippen LogP contribution in [-0.2, 0) is 0 Å². The lowest BCUT2D eigenvalue weighted by Crippen LogP contribution is -2.23. The largest absolute Gasteiger partial charge is 0.481 e. The lowest BCUT2D eigenvalue weighted by Gasteiger charge is -2.14. The third-order valence-electron chi connectivity index (χ3n) is 2.31. The van der Waals surface area contributed by atoms with Crippen LogP contribution >= 0.6 is 0 Å². The van der Waals surface area contributed by atoms with Crippen molar-refractivity contribution in [2.24, 2.45) is 0 Å². The molecule has 7 nitrogen and oxygen atoms in total. The highest BCUT2D eigenvalue weighted by atomic mass is 16.6. The molecule has 0 fully saturated rings. The number of nitrogens with zero attached hydrogens (tertiary/aromatic N) is 2. The molecule has 1 aromatic heterocycles. The Hall–Kier alpha value is -1.89. The molecule has 1 aromatic rings. The van der Waals surface area contributed by atoms with Gasteiger partial charge in [0.2, 0.25) is 11.7 Å². The molecule has 0 radical (unpaired) electrons. The normalized spacial score (nSPS) is 11.9. The zero-order valence-electron chi connectivity index (χ0n) is 9.71. The molecule has 0 aliphatic carbocycles. The van der Waals surface area contributed by atoms with Gasteiger partial charge in [0, 0.05) is 12.1 Å². The molecule has 1 rings (SSSR count). The fraction of sp³-hybridized carbons (Fsp3) is 0.500. The minimum absolute atomic E-state index is 0.107. The van der Waals surface area contributed by atoms with Gasteiger partial charge in [0.15, 0.2) is 0 Å². The van der Waals surface area contributed by atoms with E-state index in [0.717, 1.165) is 0 Å². The lowest BCUT2D eigenvalue weighted by molar-refractivity contribution is -0.384. The van der Waals surface area contributed by atoms with Gasteiger partial charge in [0.1, 0.15) is 0 Å². The predicted molar refractivity (Wildman–Crippen MR) is 62.2 cm³/mol. The fourth-order valence-corrected chi connectivity index (χ4v) is 1.27. The Morgan fingerprint density at radius 3 is 2.82 bits per heavy atom. The first-order valence-electron chi connectivity index (χ1n) is 5.19. The SMILES string of the molecule is CCC(CO)Nc1nc(OC)ccc1[N+](=O)[O-]. The molecule has 0 amide bonds. The monoisotopic (exact) mass is 241 g/mol. The number of hydrogen-bond acceptors (Lipinski definition) is 6. The summed E-state index contributed by atoms with van der Waals surface area (Å²) in [5.74, 6) is 0.390. The average Bonchev–Trinajstić information content (AvgIpc) is 2.35. The van der Waals surface area contributed by atoms with Gasteiger partial charge in [-0.2, -0.15) is 4.98 Å². The number of aliphatic hydroxyl groups excluding tert-OH is 1. The molecule has 1 heterocycles. The molecule has 1 atom stereocenters. The second-order valence-electron chi connectivity index (χ2n) is 3.41. The highest BCUT2D eigenvalue weighted by Crippen LogP contribution is 2.25. The third-order valence-corrected chi connectivity index (χ3v) is 2.31. The molecule has 0 aliphatic heterocycles. The predicted octanol–water partition coefficient (Wildman–Crippen LogP) is 1.18. The molecule has 0 saturated heterocycles. The number of ether oxygens (including phenoxy) is 1. The minimum atomic E-state index is -0.529. The van der Waals surface area contributed by atoms with Gasteiger partial charge in [-0.25, -0.2) is 0 Å². The molecule has 94 valence electrons. The first kappa shape index (κ1) is 13.2. The van der Waals surface area contributed by atoms with Gasteiger partial charge >= 0.3 is 5.69 Å². The number of hydrogen-bond donors (Lipinski definition) is 2. The van der Waals surface area contributed by atoms with Crippen LogP contribution in [0.4, 0.5) is 11.5 Å². The summed E-state index contributed by atoms with van der Waals surface area (Å²) in [4.78, 5) is 14.2. The van der Waals surface area contributed by atoms with Crippen molar-refractivity contribution < 1.29 is 14.8 Å². The van der Waals surface area contributed by atoms with E-state index in [2.05, 4.69) is 10.3 Å². The van der Waals surface area contributed by atoms with E-state index >= 15 is 0 Å². The van der Waals surface area contributed by atoms with Crippen molar-refractivity contribution >= 4 is 11.5 Å². The van der Waals surface area contributed by atoms with Crippen molar-refractivity contribution in [3.05, 3.63) is 22.2 Å². The summed E-state index contributed by atoms with van der Waals surface area (Å²) in [5.41, 5.74) is -0.141. The van der Waals surface area contributed by atoms with E-state index in [1.54, 1.807) is 0 Å². The van der Waals surface area contributed by atoms with Crippen molar-refractivity contribution in [1.82, 2.24) is 4.98 Å². The first-order chi connectivity index (χ1) is 8.12. The second kappa shape index (κ2) is 6.00. The van der Waals surface area contributed by atoms with Crippen LogP contribution in [0.2, 0.25) is 0 Å². The van der Waals surface area contributed by atoms with Crippen LogP contribution in [-0.4, -0.2) is 34.8 Å². The van der Waals surface area contributed by atoms with Crippen LogP contribution in [0.15, 0.2) is 12.1 Å². The smallest absolute Gasteiger partial charge is 0.311 e. The van der Waals surface area contributed by atoms with Gasteiger partial charge in [-0.1, -0.05) is 6.92 Å². The number of rotatable bonds is 6. The summed E-state index contributed by atoms with van der Waals surface area (Å²) in [6, 6.07) is 2.47. The zero-order chi connectivity index (χ0) is 12.8. The Morgan fingerprint density at radius 1 is 1.65 bits per heavy atom. The number of aromatic nitrogens is 1. The van der Waals surface area contributed by atoms with Crippen LogP contribution < -0.4 is 10.1 Å². The number of nitrogens with one attached hydrogen (secondary N) is 1. The third kappa shape index (κ3) is 3.28. The summed E-state index contributed by atoms with van der Waals surface area (Å²) in [5, 5.41) is 22.7. The lowest BCUT2D eigenvalue weighted by atomic mass is 10.2. The van der Waals surface area contributed by atoms with Crippen LogP contribution in [0, 0.1) is 10.1 Å². The summed E-state index contributed by atoms with van der Waals surface area (Å²) in [7, 11) is 1.43. The maximum atomic E-state index is 10.8. The Kier molecular flexibility index (Phi) is 4.65. The molecule has 0 bridgehead atoms. The highest BCUT2D eigenvalue weighted by Gasteiger charge is 2.18. The van der Waals surface area contributed by atoms with E-state index in [1.165, 1.54) is 19.2 Å². The van der Waals surface area contributed by atoms with Crippen molar-refractivity contribution in [3.8, 4) is 5.88 Å². The number of methoxy groups -OCH3 is 1. The molecular weight excluding hydrogens is 226 g/mol. The van der Waals surface area contributed by atoms with E-state index < -0.39 is 4.92 Å². The van der Waals surface area contributed by atoms with E-state index in [-0.39, 0.29) is 30.0 Å². The van der Waals surface area contributed by atoms with Crippen molar-refractivity contribution in [3.63, 3.8) is 0 Å². The number of aliphatic hydroxyl groups is 1. The van der Waals surface area contributed by atoms with Crippen molar-refractivity contribution in [1.29, 1.82) is 0 Å². The number of pyridine rings is 1. The fourth-order valence-electron chi connectivity index (χ4n) is 1.27. The zero-order valence-corrected chi connectivity index (χ0v) is 9.71. The van der Waals surface area contributed by atoms with Crippen LogP contribution in [0.25, 0.3) is 0 Å². The van der Waals surface area contributed by atoms with E-state index in [4.69, 9.17) is 9.84 Å². The van der Waals surface area contributed by atoms with E-state index in [9.17, 15) is 10.1 Å². The molecule has 0 aliphatic rings. The Labute approximate surface area is 98.6 Å². The average molecular weight is 241 g/mol. The van der Waals surface area contributed by atoms with Gasteiger partial charge in [-0.15, -0.1) is 0 Å². The van der Waals surface area contributed by atoms with Crippen LogP contribution in [0.3, 0.4) is 0 Å². The van der Waals surface area contributed by atoms with Gasteiger partial charge in [0.25, 0.3) is 0 Å². The maximum absolute atomic E-state index is 10.8. The minimum Gasteiger partial charge on any atom is -0.481 e. The second-order valence-corrected chi connectivity index (χ2v) is 3.41. The molecule has 17 heavy (non-hydrogen) atoms. The Balaban J connectivity index is 3.04. The summed E-state index contributed by atoms with van der Waals surface area (Å²) >= 11 is 0. The van der Waals surface area contributed by atoms with Crippen molar-refractivity contribution in [2.45, 2.75) is 19.4 Å². The Morgan fingerprint density at radius 2 is 2.35 bits per heavy atom. The van der Waals surface area contributed by atoms with Gasteiger partial charge in [-0.3, -0.25) is 10.1 Å². The van der Waals surface area contributed by atoms with Crippen LogP contribution in [0.5, 0.6) is 5.88 Å². The van der Waals surface area contributed by atoms with Gasteiger partial charge in [0.05, 0.1) is 24.7 Å². The molecule has 0 spiro atoms. The topological polar surface area (TPSA) is 97.5 Å². The van der Waals surface area contributed by atoms with E-state index in [0.29, 0.717) is 6.42 Å². The molecule has 0 aromatic carbocycles. The molecular formula is C10H15N3O4. The van der Waals surface area contributed by atoms with Gasteiger partial charge < -0.3 is 15.2 Å². The highest BCUT2D eigenvalue weighted by molar-refractivity contribution is 5.57. The van der Waals surface area contributed by atoms with Gasteiger partial charge in [-0.05, 0) is 6.42 Å².